The summed E-state index contributed by atoms with van der Waals surface area (Å²) < 4.78 is 0. The Kier molecular flexibility index (Phi) is 1.87. The largest absolute Gasteiger partial charge is 0.294 e. The van der Waals surface area contributed by atoms with Gasteiger partial charge in [0.1, 0.15) is 0 Å². The Hall–Kier alpha value is -2.15. The van der Waals surface area contributed by atoms with E-state index in [-0.39, 0.29) is 0 Å². The molecule has 0 heterocycles. The van der Waals surface area contributed by atoms with Gasteiger partial charge in [-0.05, 0) is 33.5 Å². The van der Waals surface area contributed by atoms with E-state index in [1.807, 2.05) is 12.1 Å². The van der Waals surface area contributed by atoms with Crippen LogP contribution >= 0.6 is 0 Å². The lowest BCUT2D eigenvalue weighted by atomic mass is 9.93. The van der Waals surface area contributed by atoms with Gasteiger partial charge in [0.2, 0.25) is 0 Å². The summed E-state index contributed by atoms with van der Waals surface area (Å²) in [6, 6.07) is 16.7. The van der Waals surface area contributed by atoms with Gasteiger partial charge in [-0.2, -0.15) is 0 Å². The Labute approximate surface area is 105 Å². The number of aryl methyl sites for hydroxylation is 1. The maximum Gasteiger partial charge on any atom is 0.164 e. The van der Waals surface area contributed by atoms with Crippen LogP contribution in [0.15, 0.2) is 48.5 Å². The van der Waals surface area contributed by atoms with E-state index >= 15 is 0 Å². The molecule has 1 nitrogen and oxygen atoms in total. The van der Waals surface area contributed by atoms with E-state index in [0.29, 0.717) is 12.2 Å². The highest BCUT2D eigenvalue weighted by molar-refractivity contribution is 6.21. The monoisotopic (exact) mass is 232 g/mol. The van der Waals surface area contributed by atoms with Gasteiger partial charge in [-0.1, -0.05) is 48.5 Å². The second-order valence-electron chi connectivity index (χ2n) is 4.87. The summed E-state index contributed by atoms with van der Waals surface area (Å²) in [5.74, 6) is 0.298. The van der Waals surface area contributed by atoms with Crippen molar-refractivity contribution in [3.63, 3.8) is 0 Å². The SMILES string of the molecule is O=C1CCc2c1c1ccccc1c1ccccc21. The Bertz CT molecular complexity index is 799. The normalized spacial score (nSPS) is 14.3. The van der Waals surface area contributed by atoms with Crippen LogP contribution in [0.4, 0.5) is 0 Å². The van der Waals surface area contributed by atoms with Gasteiger partial charge in [-0.25, -0.2) is 0 Å². The van der Waals surface area contributed by atoms with E-state index in [1.165, 1.54) is 21.7 Å². The number of benzene rings is 3. The van der Waals surface area contributed by atoms with E-state index < -0.39 is 0 Å². The van der Waals surface area contributed by atoms with Gasteiger partial charge in [0.05, 0.1) is 0 Å². The zero-order valence-electron chi connectivity index (χ0n) is 9.94. The number of hydrogen-bond acceptors (Lipinski definition) is 1. The number of carbonyl (C=O) groups excluding carboxylic acids is 1. The molecule has 0 atom stereocenters. The fourth-order valence-electron chi connectivity index (χ4n) is 3.16. The first-order valence-electron chi connectivity index (χ1n) is 6.32. The zero-order valence-corrected chi connectivity index (χ0v) is 9.94. The third-order valence-corrected chi connectivity index (χ3v) is 3.92. The molecule has 86 valence electrons. The average Bonchev–Trinajstić information content (AvgIpc) is 2.82. The van der Waals surface area contributed by atoms with Crippen molar-refractivity contribution < 1.29 is 4.79 Å². The maximum atomic E-state index is 12.1. The molecule has 0 amide bonds. The molecule has 0 fully saturated rings. The molecule has 3 aromatic rings. The Morgan fingerprint density at radius 1 is 0.667 bits per heavy atom. The summed E-state index contributed by atoms with van der Waals surface area (Å²) in [7, 11) is 0. The van der Waals surface area contributed by atoms with E-state index in [4.69, 9.17) is 0 Å². The van der Waals surface area contributed by atoms with Gasteiger partial charge in [-0.15, -0.1) is 0 Å². The Morgan fingerprint density at radius 2 is 1.22 bits per heavy atom. The van der Waals surface area contributed by atoms with Crippen LogP contribution in [-0.4, -0.2) is 5.78 Å². The van der Waals surface area contributed by atoms with Gasteiger partial charge >= 0.3 is 0 Å². The molecule has 0 aliphatic heterocycles. The molecule has 0 spiro atoms. The van der Waals surface area contributed by atoms with Crippen LogP contribution in [0.2, 0.25) is 0 Å². The van der Waals surface area contributed by atoms with Crippen molar-refractivity contribution in [2.75, 3.05) is 0 Å². The molecule has 18 heavy (non-hydrogen) atoms. The van der Waals surface area contributed by atoms with Crippen LogP contribution in [0.25, 0.3) is 21.5 Å². The summed E-state index contributed by atoms with van der Waals surface area (Å²) in [5.41, 5.74) is 2.21. The van der Waals surface area contributed by atoms with Crippen LogP contribution in [0.5, 0.6) is 0 Å². The van der Waals surface area contributed by atoms with Crippen molar-refractivity contribution in [2.45, 2.75) is 12.8 Å². The van der Waals surface area contributed by atoms with Crippen molar-refractivity contribution in [2.24, 2.45) is 0 Å². The predicted octanol–water partition coefficient (Wildman–Crippen LogP) is 4.12. The molecule has 1 heteroatoms. The van der Waals surface area contributed by atoms with Crippen LogP contribution < -0.4 is 0 Å². The van der Waals surface area contributed by atoms with E-state index in [9.17, 15) is 4.79 Å². The molecule has 0 radical (unpaired) electrons. The highest BCUT2D eigenvalue weighted by atomic mass is 16.1. The Morgan fingerprint density at radius 3 is 1.94 bits per heavy atom. The molecular formula is C17H12O. The fourth-order valence-corrected chi connectivity index (χ4v) is 3.16. The van der Waals surface area contributed by atoms with Crippen LogP contribution in [-0.2, 0) is 6.42 Å². The third-order valence-electron chi connectivity index (χ3n) is 3.92. The molecule has 4 rings (SSSR count). The third kappa shape index (κ3) is 1.14. The number of rotatable bonds is 0. The number of hydrogen-bond donors (Lipinski definition) is 0. The van der Waals surface area contributed by atoms with Gasteiger partial charge in [0, 0.05) is 12.0 Å². The van der Waals surface area contributed by atoms with Crippen LogP contribution in [0, 0.1) is 0 Å². The summed E-state index contributed by atoms with van der Waals surface area (Å²) in [6.07, 6.45) is 1.55. The van der Waals surface area contributed by atoms with Crippen molar-refractivity contribution in [1.29, 1.82) is 0 Å². The van der Waals surface area contributed by atoms with E-state index in [1.54, 1.807) is 0 Å². The van der Waals surface area contributed by atoms with Crippen LogP contribution in [0.3, 0.4) is 0 Å². The number of Topliss-reactive ketones (excluding diaryl/α,β-unsaturated/α-hetero) is 1. The topological polar surface area (TPSA) is 17.1 Å². The summed E-state index contributed by atoms with van der Waals surface area (Å²) >= 11 is 0. The molecule has 0 bridgehead atoms. The van der Waals surface area contributed by atoms with Crippen molar-refractivity contribution in [1.82, 2.24) is 0 Å². The molecule has 0 aromatic heterocycles. The van der Waals surface area contributed by atoms with Crippen LogP contribution in [0.1, 0.15) is 22.3 Å². The lowest BCUT2D eigenvalue weighted by molar-refractivity contribution is 0.0996. The predicted molar refractivity (Wildman–Crippen MR) is 74.1 cm³/mol. The lowest BCUT2D eigenvalue weighted by Gasteiger charge is -2.10. The second-order valence-corrected chi connectivity index (χ2v) is 4.87. The molecule has 0 saturated carbocycles. The molecule has 3 aromatic carbocycles. The highest BCUT2D eigenvalue weighted by Gasteiger charge is 2.24. The van der Waals surface area contributed by atoms with Gasteiger partial charge < -0.3 is 0 Å². The minimum Gasteiger partial charge on any atom is -0.294 e. The van der Waals surface area contributed by atoms with Crippen molar-refractivity contribution in [3.8, 4) is 0 Å². The maximum absolute atomic E-state index is 12.1. The first-order chi connectivity index (χ1) is 8.86. The van der Waals surface area contributed by atoms with Gasteiger partial charge in [-0.3, -0.25) is 4.79 Å². The minimum absolute atomic E-state index is 0.298. The standard InChI is InChI=1S/C17H12O/c18-16-10-9-15-13-7-2-1-5-11(13)12-6-3-4-8-14(12)17(15)16/h1-8H,9-10H2. The quantitative estimate of drug-likeness (QED) is 0.533. The summed E-state index contributed by atoms with van der Waals surface area (Å²) in [6.45, 7) is 0. The van der Waals surface area contributed by atoms with E-state index in [2.05, 4.69) is 36.4 Å². The van der Waals surface area contributed by atoms with Crippen molar-refractivity contribution >= 4 is 27.3 Å². The minimum atomic E-state index is 0.298. The zero-order chi connectivity index (χ0) is 12.1. The van der Waals surface area contributed by atoms with Gasteiger partial charge in [0.25, 0.3) is 0 Å². The van der Waals surface area contributed by atoms with Gasteiger partial charge in [0.15, 0.2) is 5.78 Å². The molecule has 0 N–H and O–H groups in total. The summed E-state index contributed by atoms with van der Waals surface area (Å²) in [4.78, 5) is 12.1. The molecule has 1 aliphatic rings. The first kappa shape index (κ1) is 9.84. The second kappa shape index (κ2) is 3.42. The average molecular weight is 232 g/mol. The highest BCUT2D eigenvalue weighted by Crippen LogP contribution is 2.37. The number of fused-ring (bicyclic) bond motifs is 6. The lowest BCUT2D eigenvalue weighted by Crippen LogP contribution is -1.94. The molecular weight excluding hydrogens is 220 g/mol. The molecule has 0 unspecified atom stereocenters. The molecule has 0 saturated heterocycles. The van der Waals surface area contributed by atoms with E-state index in [0.717, 1.165) is 17.4 Å². The first-order valence-corrected chi connectivity index (χ1v) is 6.32. The summed E-state index contributed by atoms with van der Waals surface area (Å²) in [5, 5.41) is 4.83. The molecule has 1 aliphatic carbocycles. The van der Waals surface area contributed by atoms with Crippen molar-refractivity contribution in [3.05, 3.63) is 59.7 Å². The smallest absolute Gasteiger partial charge is 0.164 e. The number of ketones is 1. The number of carbonyl (C=O) groups is 1. The fraction of sp³-hybridized carbons (Fsp3) is 0.118. The Balaban J connectivity index is 2.36.